The lowest BCUT2D eigenvalue weighted by atomic mass is 9.94. The van der Waals surface area contributed by atoms with Gasteiger partial charge in [-0.1, -0.05) is 6.42 Å². The van der Waals surface area contributed by atoms with Crippen LogP contribution in [0.2, 0.25) is 0 Å². The van der Waals surface area contributed by atoms with E-state index in [1.807, 2.05) is 23.1 Å². The first-order valence-electron chi connectivity index (χ1n) is 10.7. The maximum Gasteiger partial charge on any atom is 0.251 e. The predicted molar refractivity (Wildman–Crippen MR) is 104 cm³/mol. The van der Waals surface area contributed by atoms with Gasteiger partial charge in [0.1, 0.15) is 0 Å². The summed E-state index contributed by atoms with van der Waals surface area (Å²) < 4.78 is 12.3. The molecule has 0 radical (unpaired) electrons. The SMILES string of the molecule is O=C(Nc1ccc2c(c1)OC1(CCCCC1)O2)C1CCCN(C(=O)C2CC2)C1. The first-order valence-corrected chi connectivity index (χ1v) is 10.7. The van der Waals surface area contributed by atoms with Crippen molar-refractivity contribution in [3.05, 3.63) is 18.2 Å². The summed E-state index contributed by atoms with van der Waals surface area (Å²) in [5.41, 5.74) is 0.728. The zero-order valence-corrected chi connectivity index (χ0v) is 16.2. The second kappa shape index (κ2) is 6.98. The standard InChI is InChI=1S/C22H28N2O4/c25-20(16-5-4-12-24(14-16)21(26)15-6-7-15)23-17-8-9-18-19(13-17)28-22(27-18)10-2-1-3-11-22/h8-9,13,15-16H,1-7,10-12,14H2,(H,23,25). The fraction of sp³-hybridized carbons (Fsp3) is 0.636. The monoisotopic (exact) mass is 384 g/mol. The molecule has 2 saturated carbocycles. The number of fused-ring (bicyclic) bond motifs is 1. The van der Waals surface area contributed by atoms with Crippen LogP contribution in [0.3, 0.4) is 0 Å². The molecule has 2 aliphatic heterocycles. The highest BCUT2D eigenvalue weighted by molar-refractivity contribution is 5.93. The highest BCUT2D eigenvalue weighted by Crippen LogP contribution is 2.46. The molecule has 1 aromatic rings. The zero-order valence-electron chi connectivity index (χ0n) is 16.2. The molecule has 5 rings (SSSR count). The molecule has 6 heteroatoms. The van der Waals surface area contributed by atoms with Gasteiger partial charge in [0, 0.05) is 43.6 Å². The number of hydrogen-bond acceptors (Lipinski definition) is 4. The number of anilines is 1. The fourth-order valence-corrected chi connectivity index (χ4v) is 4.69. The van der Waals surface area contributed by atoms with Gasteiger partial charge >= 0.3 is 0 Å². The zero-order chi connectivity index (χ0) is 19.1. The van der Waals surface area contributed by atoms with E-state index in [1.165, 1.54) is 6.42 Å². The van der Waals surface area contributed by atoms with Crippen molar-refractivity contribution in [3.8, 4) is 11.5 Å². The number of nitrogens with one attached hydrogen (secondary N) is 1. The summed E-state index contributed by atoms with van der Waals surface area (Å²) in [6.45, 7) is 1.32. The third-order valence-corrected chi connectivity index (χ3v) is 6.45. The Labute approximate surface area is 165 Å². The summed E-state index contributed by atoms with van der Waals surface area (Å²) in [6, 6.07) is 5.63. The number of benzene rings is 1. The Hall–Kier alpha value is -2.24. The molecular formula is C22H28N2O4. The lowest BCUT2D eigenvalue weighted by molar-refractivity contribution is -0.135. The van der Waals surface area contributed by atoms with E-state index in [0.29, 0.717) is 12.3 Å². The molecule has 150 valence electrons. The highest BCUT2D eigenvalue weighted by atomic mass is 16.7. The van der Waals surface area contributed by atoms with Crippen LogP contribution in [0.5, 0.6) is 11.5 Å². The van der Waals surface area contributed by atoms with Crippen LogP contribution in [0, 0.1) is 11.8 Å². The maximum absolute atomic E-state index is 12.8. The van der Waals surface area contributed by atoms with Gasteiger partial charge < -0.3 is 19.7 Å². The van der Waals surface area contributed by atoms with E-state index >= 15 is 0 Å². The number of rotatable bonds is 3. The molecular weight excluding hydrogens is 356 g/mol. The molecule has 1 N–H and O–H groups in total. The van der Waals surface area contributed by atoms with Crippen molar-refractivity contribution >= 4 is 17.5 Å². The van der Waals surface area contributed by atoms with E-state index in [-0.39, 0.29) is 23.7 Å². The summed E-state index contributed by atoms with van der Waals surface area (Å²) in [5, 5.41) is 3.02. The number of likely N-dealkylation sites (tertiary alicyclic amines) is 1. The number of hydrogen-bond donors (Lipinski definition) is 1. The molecule has 2 heterocycles. The minimum Gasteiger partial charge on any atom is -0.448 e. The molecule has 6 nitrogen and oxygen atoms in total. The van der Waals surface area contributed by atoms with Gasteiger partial charge in [-0.3, -0.25) is 9.59 Å². The van der Waals surface area contributed by atoms with E-state index < -0.39 is 5.79 Å². The van der Waals surface area contributed by atoms with Gasteiger partial charge in [0.15, 0.2) is 11.5 Å². The molecule has 1 atom stereocenters. The Kier molecular flexibility index (Phi) is 4.44. The van der Waals surface area contributed by atoms with Crippen molar-refractivity contribution < 1.29 is 19.1 Å². The fourth-order valence-electron chi connectivity index (χ4n) is 4.69. The van der Waals surface area contributed by atoms with Crippen molar-refractivity contribution in [2.75, 3.05) is 18.4 Å². The second-order valence-corrected chi connectivity index (χ2v) is 8.72. The Bertz CT molecular complexity index is 783. The molecule has 1 spiro atoms. The van der Waals surface area contributed by atoms with Crippen molar-refractivity contribution in [1.82, 2.24) is 4.90 Å². The van der Waals surface area contributed by atoms with Crippen LogP contribution in [-0.4, -0.2) is 35.6 Å². The van der Waals surface area contributed by atoms with E-state index in [1.54, 1.807) is 0 Å². The minimum absolute atomic E-state index is 0.0143. The van der Waals surface area contributed by atoms with Crippen LogP contribution >= 0.6 is 0 Å². The number of piperidine rings is 1. The normalized spacial score (nSPS) is 25.6. The average molecular weight is 384 g/mol. The molecule has 2 amide bonds. The maximum atomic E-state index is 12.8. The largest absolute Gasteiger partial charge is 0.448 e. The Morgan fingerprint density at radius 1 is 0.964 bits per heavy atom. The lowest BCUT2D eigenvalue weighted by Crippen LogP contribution is -2.44. The summed E-state index contributed by atoms with van der Waals surface area (Å²) in [5.74, 6) is 1.26. The molecule has 1 saturated heterocycles. The number of nitrogens with zero attached hydrogens (tertiary/aromatic N) is 1. The molecule has 1 unspecified atom stereocenters. The van der Waals surface area contributed by atoms with Crippen LogP contribution < -0.4 is 14.8 Å². The average Bonchev–Trinajstić information content (AvgIpc) is 3.50. The second-order valence-electron chi connectivity index (χ2n) is 8.72. The van der Waals surface area contributed by atoms with Gasteiger partial charge in [0.2, 0.25) is 11.8 Å². The molecule has 4 aliphatic rings. The summed E-state index contributed by atoms with van der Waals surface area (Å²) >= 11 is 0. The number of carbonyl (C=O) groups excluding carboxylic acids is 2. The van der Waals surface area contributed by atoms with E-state index in [4.69, 9.17) is 9.47 Å². The minimum atomic E-state index is -0.504. The first-order chi connectivity index (χ1) is 13.6. The molecule has 0 bridgehead atoms. The third-order valence-electron chi connectivity index (χ3n) is 6.45. The van der Waals surface area contributed by atoms with Crippen molar-refractivity contribution in [1.29, 1.82) is 0 Å². The van der Waals surface area contributed by atoms with Crippen molar-refractivity contribution in [2.45, 2.75) is 63.6 Å². The van der Waals surface area contributed by atoms with Gasteiger partial charge in [0.25, 0.3) is 5.79 Å². The van der Waals surface area contributed by atoms with E-state index in [9.17, 15) is 9.59 Å². The highest BCUT2D eigenvalue weighted by Gasteiger charge is 2.42. The summed E-state index contributed by atoms with van der Waals surface area (Å²) in [6.07, 6.45) is 9.02. The Morgan fingerprint density at radius 3 is 2.54 bits per heavy atom. The van der Waals surface area contributed by atoms with Crippen LogP contribution in [0.15, 0.2) is 18.2 Å². The van der Waals surface area contributed by atoms with Gasteiger partial charge in [-0.2, -0.15) is 0 Å². The summed E-state index contributed by atoms with van der Waals surface area (Å²) in [7, 11) is 0. The van der Waals surface area contributed by atoms with Gasteiger partial charge in [-0.05, 0) is 50.7 Å². The molecule has 28 heavy (non-hydrogen) atoms. The predicted octanol–water partition coefficient (Wildman–Crippen LogP) is 3.71. The number of ether oxygens (including phenoxy) is 2. The molecule has 3 fully saturated rings. The van der Waals surface area contributed by atoms with Crippen LogP contribution in [-0.2, 0) is 9.59 Å². The topological polar surface area (TPSA) is 67.9 Å². The van der Waals surface area contributed by atoms with Gasteiger partial charge in [-0.25, -0.2) is 0 Å². The quantitative estimate of drug-likeness (QED) is 0.863. The van der Waals surface area contributed by atoms with Crippen LogP contribution in [0.1, 0.15) is 57.8 Å². The third kappa shape index (κ3) is 3.45. The Balaban J connectivity index is 1.22. The van der Waals surface area contributed by atoms with E-state index in [2.05, 4.69) is 5.32 Å². The van der Waals surface area contributed by atoms with Crippen molar-refractivity contribution in [3.63, 3.8) is 0 Å². The smallest absolute Gasteiger partial charge is 0.251 e. The van der Waals surface area contributed by atoms with Crippen molar-refractivity contribution in [2.24, 2.45) is 11.8 Å². The van der Waals surface area contributed by atoms with E-state index in [0.717, 1.165) is 69.3 Å². The number of carbonyl (C=O) groups is 2. The van der Waals surface area contributed by atoms with Crippen LogP contribution in [0.4, 0.5) is 5.69 Å². The molecule has 1 aromatic carbocycles. The number of amides is 2. The Morgan fingerprint density at radius 2 is 1.75 bits per heavy atom. The lowest BCUT2D eigenvalue weighted by Gasteiger charge is -2.32. The molecule has 2 aliphatic carbocycles. The summed E-state index contributed by atoms with van der Waals surface area (Å²) in [4.78, 5) is 27.0. The first kappa shape index (κ1) is 17.8. The van der Waals surface area contributed by atoms with Gasteiger partial charge in [-0.15, -0.1) is 0 Å². The molecule has 0 aromatic heterocycles. The van der Waals surface area contributed by atoms with Gasteiger partial charge in [0.05, 0.1) is 5.92 Å². The van der Waals surface area contributed by atoms with Crippen LogP contribution in [0.25, 0.3) is 0 Å².